The van der Waals surface area contributed by atoms with Crippen molar-refractivity contribution in [1.29, 1.82) is 0 Å². The molecular formula is C17H14BrF4N3OS. The van der Waals surface area contributed by atoms with Crippen molar-refractivity contribution in [2.45, 2.75) is 36.9 Å². The molecule has 1 amide bonds. The van der Waals surface area contributed by atoms with Crippen molar-refractivity contribution < 1.29 is 22.4 Å². The Labute approximate surface area is 165 Å². The molecule has 0 radical (unpaired) electrons. The van der Waals surface area contributed by atoms with Gasteiger partial charge in [-0.25, -0.2) is 4.39 Å². The van der Waals surface area contributed by atoms with E-state index in [1.54, 1.807) is 12.1 Å². The number of alkyl halides is 3. The lowest BCUT2D eigenvalue weighted by Gasteiger charge is -2.14. The van der Waals surface area contributed by atoms with Gasteiger partial charge in [0.1, 0.15) is 12.4 Å². The van der Waals surface area contributed by atoms with Gasteiger partial charge < -0.3 is 14.9 Å². The number of aromatic nitrogens is 2. The van der Waals surface area contributed by atoms with Crippen molar-refractivity contribution in [2.24, 2.45) is 0 Å². The fourth-order valence-corrected chi connectivity index (χ4v) is 4.67. The number of hydrogen-bond acceptors (Lipinski definition) is 2. The van der Waals surface area contributed by atoms with Crippen LogP contribution >= 0.6 is 28.1 Å². The molecule has 4 rings (SSSR count). The summed E-state index contributed by atoms with van der Waals surface area (Å²) in [5, 5.41) is 1.86. The van der Waals surface area contributed by atoms with E-state index >= 15 is 0 Å². The predicted molar refractivity (Wildman–Crippen MR) is 95.5 cm³/mol. The zero-order valence-corrected chi connectivity index (χ0v) is 16.2. The van der Waals surface area contributed by atoms with Gasteiger partial charge in [0.2, 0.25) is 5.91 Å². The molecule has 1 unspecified atom stereocenters. The minimum absolute atomic E-state index is 0.0142. The largest absolute Gasteiger partial charge is 0.405 e. The molecule has 0 bridgehead atoms. The summed E-state index contributed by atoms with van der Waals surface area (Å²) >= 11 is 8.66. The van der Waals surface area contributed by atoms with E-state index in [-0.39, 0.29) is 18.2 Å². The van der Waals surface area contributed by atoms with E-state index < -0.39 is 24.0 Å². The number of aromatic amines is 1. The first kappa shape index (κ1) is 18.7. The number of H-pyrrole nitrogens is 1. The van der Waals surface area contributed by atoms with E-state index in [2.05, 4.69) is 20.9 Å². The predicted octanol–water partition coefficient (Wildman–Crippen LogP) is 4.11. The fraction of sp³-hybridized carbons (Fsp3) is 0.412. The zero-order chi connectivity index (χ0) is 19.6. The third kappa shape index (κ3) is 3.22. The van der Waals surface area contributed by atoms with Gasteiger partial charge >= 0.3 is 6.18 Å². The van der Waals surface area contributed by atoms with Gasteiger partial charge in [0, 0.05) is 33.7 Å². The normalized spacial score (nSPS) is 23.1. The molecule has 2 heterocycles. The Morgan fingerprint density at radius 1 is 1.44 bits per heavy atom. The lowest BCUT2D eigenvalue weighted by atomic mass is 9.93. The van der Waals surface area contributed by atoms with Crippen LogP contribution in [0.25, 0.3) is 0 Å². The van der Waals surface area contributed by atoms with Gasteiger partial charge in [-0.1, -0.05) is 15.9 Å². The lowest BCUT2D eigenvalue weighted by molar-refractivity contribution is -0.138. The molecule has 10 heteroatoms. The highest BCUT2D eigenvalue weighted by atomic mass is 79.9. The summed E-state index contributed by atoms with van der Waals surface area (Å²) in [4.78, 5) is 14.8. The molecule has 27 heavy (non-hydrogen) atoms. The molecule has 2 N–H and O–H groups in total. The quantitative estimate of drug-likeness (QED) is 0.529. The number of nitrogens with zero attached hydrogens (tertiary/aromatic N) is 1. The first-order valence-electron chi connectivity index (χ1n) is 8.21. The molecule has 2 aliphatic rings. The summed E-state index contributed by atoms with van der Waals surface area (Å²) in [5.41, 5.74) is 1.47. The minimum atomic E-state index is -4.46. The molecule has 2 atom stereocenters. The van der Waals surface area contributed by atoms with Crippen molar-refractivity contribution in [3.8, 4) is 0 Å². The van der Waals surface area contributed by atoms with Crippen LogP contribution < -0.4 is 5.32 Å². The average molecular weight is 464 g/mol. The standard InChI is InChI=1S/C17H14BrF4N3OS/c18-8-1-2-11(19)9(3-8)16-5-10(16)14-12(24-15(27)25(14)7-16)4-13(26)23-6-17(20,21)22/h1-3,10H,4-7H2,(H,23,26)(H,24,27)/t10?,16-/m1/s1. The Morgan fingerprint density at radius 3 is 2.89 bits per heavy atom. The van der Waals surface area contributed by atoms with Gasteiger partial charge in [0.25, 0.3) is 0 Å². The van der Waals surface area contributed by atoms with Gasteiger partial charge in [0.05, 0.1) is 6.42 Å². The number of fused-ring (bicyclic) bond motifs is 3. The Bertz CT molecular complexity index is 999. The third-order valence-corrected chi connectivity index (χ3v) is 6.05. The van der Waals surface area contributed by atoms with Gasteiger partial charge in [-0.2, -0.15) is 13.2 Å². The molecule has 4 nitrogen and oxygen atoms in total. The number of carbonyl (C=O) groups excluding carboxylic acids is 1. The molecule has 0 spiro atoms. The molecule has 1 aromatic carbocycles. The number of rotatable bonds is 4. The lowest BCUT2D eigenvalue weighted by Crippen LogP contribution is -2.34. The maximum absolute atomic E-state index is 14.4. The van der Waals surface area contributed by atoms with Crippen molar-refractivity contribution in [1.82, 2.24) is 14.9 Å². The second-order valence-electron chi connectivity index (χ2n) is 6.99. The zero-order valence-electron chi connectivity index (χ0n) is 13.8. The van der Waals surface area contributed by atoms with E-state index in [1.165, 1.54) is 6.07 Å². The van der Waals surface area contributed by atoms with E-state index in [0.717, 1.165) is 10.2 Å². The van der Waals surface area contributed by atoms with Crippen LogP contribution in [0.4, 0.5) is 17.6 Å². The maximum atomic E-state index is 14.4. The van der Waals surface area contributed by atoms with Crippen molar-refractivity contribution >= 4 is 34.1 Å². The Kier molecular flexibility index (Phi) is 4.26. The second kappa shape index (κ2) is 6.16. The first-order valence-corrected chi connectivity index (χ1v) is 9.41. The number of nitrogens with one attached hydrogen (secondary N) is 2. The summed E-state index contributed by atoms with van der Waals surface area (Å²) in [5.74, 6) is -1.05. The molecule has 1 saturated carbocycles. The third-order valence-electron chi connectivity index (χ3n) is 5.24. The Morgan fingerprint density at radius 2 is 2.19 bits per heavy atom. The smallest absolute Gasteiger partial charge is 0.347 e. The monoisotopic (exact) mass is 463 g/mol. The summed E-state index contributed by atoms with van der Waals surface area (Å²) in [6.07, 6.45) is -3.98. The highest BCUT2D eigenvalue weighted by Gasteiger charge is 2.63. The number of halogens is 5. The molecule has 1 aromatic heterocycles. The SMILES string of the molecule is O=C(Cc1[nH]c(=S)n2c1C1C[C@]1(c1cc(Br)ccc1F)C2)NCC(F)(F)F. The molecule has 144 valence electrons. The van der Waals surface area contributed by atoms with Crippen LogP contribution in [0.3, 0.4) is 0 Å². The van der Waals surface area contributed by atoms with Crippen molar-refractivity contribution in [3.63, 3.8) is 0 Å². The van der Waals surface area contributed by atoms with Crippen LogP contribution in [0.1, 0.15) is 29.3 Å². The van der Waals surface area contributed by atoms with Crippen LogP contribution in [-0.2, 0) is 23.2 Å². The summed E-state index contributed by atoms with van der Waals surface area (Å²) in [6.45, 7) is -0.890. The first-order chi connectivity index (χ1) is 12.6. The highest BCUT2D eigenvalue weighted by Crippen LogP contribution is 2.66. The Balaban J connectivity index is 1.59. The highest BCUT2D eigenvalue weighted by molar-refractivity contribution is 9.10. The van der Waals surface area contributed by atoms with Crippen LogP contribution in [0.5, 0.6) is 0 Å². The van der Waals surface area contributed by atoms with Crippen LogP contribution in [0, 0.1) is 10.6 Å². The van der Waals surface area contributed by atoms with Gasteiger partial charge in [-0.15, -0.1) is 0 Å². The van der Waals surface area contributed by atoms with E-state index in [4.69, 9.17) is 12.2 Å². The molecule has 1 aliphatic heterocycles. The number of carbonyl (C=O) groups is 1. The van der Waals surface area contributed by atoms with E-state index in [0.29, 0.717) is 29.0 Å². The van der Waals surface area contributed by atoms with Crippen LogP contribution in [0.2, 0.25) is 0 Å². The minimum Gasteiger partial charge on any atom is -0.347 e. The van der Waals surface area contributed by atoms with Gasteiger partial charge in [-0.05, 0) is 42.4 Å². The molecule has 2 aromatic rings. The van der Waals surface area contributed by atoms with Gasteiger partial charge in [0.15, 0.2) is 4.77 Å². The molecule has 0 saturated heterocycles. The van der Waals surface area contributed by atoms with Crippen molar-refractivity contribution in [3.05, 3.63) is 50.2 Å². The summed E-state index contributed by atoms with van der Waals surface area (Å²) in [6, 6.07) is 4.79. The topological polar surface area (TPSA) is 49.8 Å². The van der Waals surface area contributed by atoms with Gasteiger partial charge in [-0.3, -0.25) is 4.79 Å². The van der Waals surface area contributed by atoms with Crippen LogP contribution in [-0.4, -0.2) is 28.2 Å². The van der Waals surface area contributed by atoms with E-state index in [1.807, 2.05) is 9.88 Å². The molecule has 1 aliphatic carbocycles. The van der Waals surface area contributed by atoms with Crippen LogP contribution in [0.15, 0.2) is 22.7 Å². The Hall–Kier alpha value is -1.68. The number of imidazole rings is 1. The fourth-order valence-electron chi connectivity index (χ4n) is 4.03. The molecular weight excluding hydrogens is 450 g/mol. The number of benzene rings is 1. The second-order valence-corrected chi connectivity index (χ2v) is 8.29. The average Bonchev–Trinajstić information content (AvgIpc) is 3.07. The summed E-state index contributed by atoms with van der Waals surface area (Å²) in [7, 11) is 0. The molecule has 1 fully saturated rings. The number of hydrogen-bond donors (Lipinski definition) is 2. The van der Waals surface area contributed by atoms with E-state index in [9.17, 15) is 22.4 Å². The van der Waals surface area contributed by atoms with Crippen molar-refractivity contribution in [2.75, 3.05) is 6.54 Å². The maximum Gasteiger partial charge on any atom is 0.405 e. The number of amides is 1. The summed E-state index contributed by atoms with van der Waals surface area (Å²) < 4.78 is 54.2.